The molecular weight excluding hydrogens is 227 g/mol. The van der Waals surface area contributed by atoms with E-state index in [0.717, 1.165) is 18.2 Å². The second-order valence-electron chi connectivity index (χ2n) is 3.34. The van der Waals surface area contributed by atoms with Gasteiger partial charge in [-0.25, -0.2) is 13.2 Å². The standard InChI is InChI=1S/C13H5F3N/c14-9-4-8(5-10(15)6-9)11-2-1-3-13(16)12(11)7-17/h1-5H. The van der Waals surface area contributed by atoms with Crippen molar-refractivity contribution >= 4 is 0 Å². The SMILES string of the molecule is N#Cc1c(F)cccc1-c1cc(F)[c]c(F)c1. The third kappa shape index (κ3) is 2.13. The zero-order valence-corrected chi connectivity index (χ0v) is 8.47. The molecule has 0 N–H and O–H groups in total. The summed E-state index contributed by atoms with van der Waals surface area (Å²) in [5.74, 6) is -2.51. The van der Waals surface area contributed by atoms with Crippen LogP contribution in [-0.2, 0) is 0 Å². The molecule has 17 heavy (non-hydrogen) atoms. The van der Waals surface area contributed by atoms with Gasteiger partial charge in [0.15, 0.2) is 0 Å². The van der Waals surface area contributed by atoms with Crippen molar-refractivity contribution < 1.29 is 13.2 Å². The topological polar surface area (TPSA) is 23.8 Å². The van der Waals surface area contributed by atoms with Crippen LogP contribution in [0, 0.1) is 34.8 Å². The van der Waals surface area contributed by atoms with E-state index in [1.807, 2.05) is 6.07 Å². The average Bonchev–Trinajstić information content (AvgIpc) is 2.27. The van der Waals surface area contributed by atoms with Crippen LogP contribution in [0.3, 0.4) is 0 Å². The van der Waals surface area contributed by atoms with Gasteiger partial charge in [0.1, 0.15) is 23.5 Å². The highest BCUT2D eigenvalue weighted by Crippen LogP contribution is 2.26. The molecule has 0 bridgehead atoms. The zero-order valence-electron chi connectivity index (χ0n) is 8.47. The molecule has 0 aromatic heterocycles. The van der Waals surface area contributed by atoms with E-state index in [1.165, 1.54) is 12.1 Å². The summed E-state index contributed by atoms with van der Waals surface area (Å²) in [6, 6.07) is 9.41. The summed E-state index contributed by atoms with van der Waals surface area (Å²) in [5, 5.41) is 8.81. The van der Waals surface area contributed by atoms with Gasteiger partial charge in [0.25, 0.3) is 0 Å². The number of hydrogen-bond donors (Lipinski definition) is 0. The van der Waals surface area contributed by atoms with Crippen LogP contribution in [0.25, 0.3) is 11.1 Å². The normalized spacial score (nSPS) is 10.0. The van der Waals surface area contributed by atoms with E-state index in [-0.39, 0.29) is 16.7 Å². The highest BCUT2D eigenvalue weighted by Gasteiger charge is 2.11. The Morgan fingerprint density at radius 3 is 2.29 bits per heavy atom. The molecule has 0 amide bonds. The summed E-state index contributed by atoms with van der Waals surface area (Å²) in [6.07, 6.45) is 0. The summed E-state index contributed by atoms with van der Waals surface area (Å²) in [5.41, 5.74) is 0.0200. The first-order valence-electron chi connectivity index (χ1n) is 4.69. The molecule has 0 saturated heterocycles. The molecule has 1 nitrogen and oxygen atoms in total. The van der Waals surface area contributed by atoms with Crippen molar-refractivity contribution in [1.29, 1.82) is 5.26 Å². The molecule has 0 aliphatic carbocycles. The van der Waals surface area contributed by atoms with Gasteiger partial charge in [-0.2, -0.15) is 5.26 Å². The molecule has 0 heterocycles. The number of nitrogens with zero attached hydrogens (tertiary/aromatic N) is 1. The van der Waals surface area contributed by atoms with E-state index in [0.29, 0.717) is 0 Å². The Morgan fingerprint density at radius 2 is 1.71 bits per heavy atom. The maximum absolute atomic E-state index is 13.3. The largest absolute Gasteiger partial charge is 0.206 e. The van der Waals surface area contributed by atoms with Gasteiger partial charge in [0.2, 0.25) is 0 Å². The van der Waals surface area contributed by atoms with Crippen LogP contribution in [0.15, 0.2) is 30.3 Å². The van der Waals surface area contributed by atoms with E-state index in [2.05, 4.69) is 0 Å². The summed E-state index contributed by atoms with van der Waals surface area (Å²) in [7, 11) is 0. The summed E-state index contributed by atoms with van der Waals surface area (Å²) in [4.78, 5) is 0. The number of rotatable bonds is 1. The Kier molecular flexibility index (Phi) is 2.84. The van der Waals surface area contributed by atoms with Gasteiger partial charge in [-0.3, -0.25) is 0 Å². The lowest BCUT2D eigenvalue weighted by atomic mass is 10.00. The monoisotopic (exact) mass is 232 g/mol. The van der Waals surface area contributed by atoms with Crippen LogP contribution in [-0.4, -0.2) is 0 Å². The molecule has 2 aromatic rings. The van der Waals surface area contributed by atoms with Gasteiger partial charge in [0.05, 0.1) is 11.6 Å². The van der Waals surface area contributed by atoms with Crippen LogP contribution in [0.4, 0.5) is 13.2 Å². The van der Waals surface area contributed by atoms with E-state index in [4.69, 9.17) is 5.26 Å². The van der Waals surface area contributed by atoms with Crippen molar-refractivity contribution in [3.8, 4) is 17.2 Å². The third-order valence-electron chi connectivity index (χ3n) is 2.24. The Morgan fingerprint density at radius 1 is 1.06 bits per heavy atom. The molecule has 2 rings (SSSR count). The predicted octanol–water partition coefficient (Wildman–Crippen LogP) is 3.44. The van der Waals surface area contributed by atoms with E-state index < -0.39 is 17.5 Å². The molecule has 0 fully saturated rings. The molecule has 0 spiro atoms. The Balaban J connectivity index is 2.69. The first kappa shape index (κ1) is 11.2. The van der Waals surface area contributed by atoms with Crippen LogP contribution < -0.4 is 0 Å². The highest BCUT2D eigenvalue weighted by atomic mass is 19.1. The molecule has 2 aromatic carbocycles. The quantitative estimate of drug-likeness (QED) is 0.738. The minimum absolute atomic E-state index is 0.106. The first-order valence-corrected chi connectivity index (χ1v) is 4.69. The fourth-order valence-corrected chi connectivity index (χ4v) is 1.53. The van der Waals surface area contributed by atoms with Crippen molar-refractivity contribution in [2.24, 2.45) is 0 Å². The maximum Gasteiger partial charge on any atom is 0.141 e. The first-order chi connectivity index (χ1) is 8.11. The molecular formula is C13H5F3N. The molecule has 0 aliphatic rings. The fourth-order valence-electron chi connectivity index (χ4n) is 1.53. The molecule has 1 radical (unpaired) electrons. The second-order valence-corrected chi connectivity index (χ2v) is 3.34. The maximum atomic E-state index is 13.3. The van der Waals surface area contributed by atoms with Crippen LogP contribution in [0.2, 0.25) is 0 Å². The average molecular weight is 232 g/mol. The van der Waals surface area contributed by atoms with Crippen LogP contribution >= 0.6 is 0 Å². The Labute approximate surface area is 95.7 Å². The van der Waals surface area contributed by atoms with E-state index in [1.54, 1.807) is 6.07 Å². The smallest absolute Gasteiger partial charge is 0.141 e. The van der Waals surface area contributed by atoms with Crippen molar-refractivity contribution in [2.75, 3.05) is 0 Å². The van der Waals surface area contributed by atoms with Crippen LogP contribution in [0.5, 0.6) is 0 Å². The van der Waals surface area contributed by atoms with Gasteiger partial charge in [-0.15, -0.1) is 0 Å². The molecule has 0 aliphatic heterocycles. The minimum Gasteiger partial charge on any atom is -0.206 e. The Hall–Kier alpha value is -2.28. The molecule has 83 valence electrons. The number of nitriles is 1. The summed E-state index contributed by atoms with van der Waals surface area (Å²) >= 11 is 0. The summed E-state index contributed by atoms with van der Waals surface area (Å²) < 4.78 is 39.3. The fraction of sp³-hybridized carbons (Fsp3) is 0. The number of benzene rings is 2. The molecule has 0 saturated carbocycles. The minimum atomic E-state index is -0.895. The lowest BCUT2D eigenvalue weighted by Crippen LogP contribution is -1.91. The summed E-state index contributed by atoms with van der Waals surface area (Å²) in [6.45, 7) is 0. The molecule has 4 heteroatoms. The molecule has 0 atom stereocenters. The zero-order chi connectivity index (χ0) is 12.4. The van der Waals surface area contributed by atoms with Crippen molar-refractivity contribution in [1.82, 2.24) is 0 Å². The van der Waals surface area contributed by atoms with Gasteiger partial charge in [0, 0.05) is 5.56 Å². The van der Waals surface area contributed by atoms with Gasteiger partial charge in [-0.05, 0) is 23.8 Å². The Bertz CT molecular complexity index is 594. The lowest BCUT2D eigenvalue weighted by Gasteiger charge is -2.05. The van der Waals surface area contributed by atoms with E-state index in [9.17, 15) is 13.2 Å². The van der Waals surface area contributed by atoms with Crippen molar-refractivity contribution in [3.05, 3.63) is 59.4 Å². The second kappa shape index (κ2) is 4.30. The van der Waals surface area contributed by atoms with E-state index >= 15 is 0 Å². The lowest BCUT2D eigenvalue weighted by molar-refractivity contribution is 0.580. The van der Waals surface area contributed by atoms with Gasteiger partial charge < -0.3 is 0 Å². The van der Waals surface area contributed by atoms with Gasteiger partial charge >= 0.3 is 0 Å². The van der Waals surface area contributed by atoms with Crippen LogP contribution in [0.1, 0.15) is 5.56 Å². The third-order valence-corrected chi connectivity index (χ3v) is 2.24. The van der Waals surface area contributed by atoms with Gasteiger partial charge in [-0.1, -0.05) is 12.1 Å². The molecule has 0 unspecified atom stereocenters. The predicted molar refractivity (Wildman–Crippen MR) is 55.3 cm³/mol. The van der Waals surface area contributed by atoms with Crippen molar-refractivity contribution in [2.45, 2.75) is 0 Å². The highest BCUT2D eigenvalue weighted by molar-refractivity contribution is 5.70. The number of hydrogen-bond acceptors (Lipinski definition) is 1. The van der Waals surface area contributed by atoms with Crippen molar-refractivity contribution in [3.63, 3.8) is 0 Å². The number of halogens is 3.